The van der Waals surface area contributed by atoms with Gasteiger partial charge in [-0.1, -0.05) is 18.2 Å². The van der Waals surface area contributed by atoms with E-state index in [2.05, 4.69) is 5.32 Å². The van der Waals surface area contributed by atoms with Gasteiger partial charge in [0.2, 0.25) is 5.91 Å². The Bertz CT molecular complexity index is 610. The van der Waals surface area contributed by atoms with Gasteiger partial charge in [0.15, 0.2) is 11.2 Å². The van der Waals surface area contributed by atoms with E-state index in [0.29, 0.717) is 17.8 Å². The fourth-order valence-corrected chi connectivity index (χ4v) is 3.05. The normalized spacial score (nSPS) is 24.0. The first-order valence-electron chi connectivity index (χ1n) is 6.96. The summed E-state index contributed by atoms with van der Waals surface area (Å²) in [6, 6.07) is 7.01. The molecule has 1 aromatic rings. The van der Waals surface area contributed by atoms with Crippen LogP contribution in [-0.2, 0) is 19.7 Å². The third-order valence-corrected chi connectivity index (χ3v) is 4.04. The molecule has 0 aromatic heterocycles. The topological polar surface area (TPSA) is 75.7 Å². The number of piperidine rings is 1. The second-order valence-electron chi connectivity index (χ2n) is 5.14. The van der Waals surface area contributed by atoms with Crippen molar-refractivity contribution in [1.82, 2.24) is 5.32 Å². The maximum Gasteiger partial charge on any atom is 0.414 e. The molecule has 0 bridgehead atoms. The number of fused-ring (bicyclic) bond motifs is 2. The molecule has 1 atom stereocenters. The van der Waals surface area contributed by atoms with E-state index in [1.165, 1.54) is 4.90 Å². The molecule has 0 saturated carbocycles. The summed E-state index contributed by atoms with van der Waals surface area (Å²) in [4.78, 5) is 38.4. The molecular weight excluding hydrogens is 272 g/mol. The van der Waals surface area contributed by atoms with Crippen molar-refractivity contribution in [3.8, 4) is 0 Å². The standard InChI is InChI=1S/C15H16N2O4/c1-2-21-14(20)17-9-15(10-5-3-4-6-11(10)17)12(18)7-8-16-13(15)19/h3-6H,2,7-9H2,1H3,(H,16,19). The summed E-state index contributed by atoms with van der Waals surface area (Å²) in [5, 5.41) is 2.74. The number of nitrogens with one attached hydrogen (secondary N) is 1. The van der Waals surface area contributed by atoms with E-state index in [4.69, 9.17) is 4.74 Å². The minimum atomic E-state index is -1.29. The van der Waals surface area contributed by atoms with Crippen LogP contribution >= 0.6 is 0 Å². The first-order valence-corrected chi connectivity index (χ1v) is 6.96. The Morgan fingerprint density at radius 3 is 2.86 bits per heavy atom. The minimum absolute atomic E-state index is 0.00977. The Hall–Kier alpha value is -2.37. The maximum absolute atomic E-state index is 12.5. The molecule has 6 nitrogen and oxygen atoms in total. The van der Waals surface area contributed by atoms with E-state index in [-0.39, 0.29) is 31.3 Å². The van der Waals surface area contributed by atoms with E-state index < -0.39 is 11.5 Å². The lowest BCUT2D eigenvalue weighted by atomic mass is 9.74. The van der Waals surface area contributed by atoms with Crippen LogP contribution in [0.25, 0.3) is 0 Å². The second kappa shape index (κ2) is 4.87. The Morgan fingerprint density at radius 2 is 2.14 bits per heavy atom. The van der Waals surface area contributed by atoms with Gasteiger partial charge < -0.3 is 10.1 Å². The third-order valence-electron chi connectivity index (χ3n) is 4.04. The highest BCUT2D eigenvalue weighted by Crippen LogP contribution is 2.43. The molecular formula is C15H16N2O4. The zero-order chi connectivity index (χ0) is 15.0. The van der Waals surface area contributed by atoms with Gasteiger partial charge in [-0.15, -0.1) is 0 Å². The largest absolute Gasteiger partial charge is 0.449 e. The number of hydrogen-bond acceptors (Lipinski definition) is 4. The highest BCUT2D eigenvalue weighted by Gasteiger charge is 2.56. The van der Waals surface area contributed by atoms with Gasteiger partial charge in [0, 0.05) is 18.5 Å². The number of carbonyl (C=O) groups is 3. The Balaban J connectivity index is 2.11. The lowest BCUT2D eigenvalue weighted by molar-refractivity contribution is -0.138. The average molecular weight is 288 g/mol. The van der Waals surface area contributed by atoms with Crippen LogP contribution in [0.2, 0.25) is 0 Å². The van der Waals surface area contributed by atoms with Crippen molar-refractivity contribution in [2.45, 2.75) is 18.8 Å². The van der Waals surface area contributed by atoms with Crippen LogP contribution in [0.15, 0.2) is 24.3 Å². The van der Waals surface area contributed by atoms with Crippen LogP contribution < -0.4 is 10.2 Å². The molecule has 0 aliphatic carbocycles. The number of amides is 2. The number of carbonyl (C=O) groups excluding carboxylic acids is 3. The van der Waals surface area contributed by atoms with E-state index in [1.54, 1.807) is 31.2 Å². The SMILES string of the molecule is CCOC(=O)N1CC2(C(=O)CCNC2=O)c2ccccc21. The summed E-state index contributed by atoms with van der Waals surface area (Å²) in [6.07, 6.45) is -0.260. The highest BCUT2D eigenvalue weighted by atomic mass is 16.6. The summed E-state index contributed by atoms with van der Waals surface area (Å²) in [7, 11) is 0. The zero-order valence-corrected chi connectivity index (χ0v) is 11.7. The predicted molar refractivity (Wildman–Crippen MR) is 75.1 cm³/mol. The molecule has 0 radical (unpaired) electrons. The van der Waals surface area contributed by atoms with Crippen molar-refractivity contribution in [2.24, 2.45) is 0 Å². The van der Waals surface area contributed by atoms with Gasteiger partial charge in [-0.25, -0.2) is 4.79 Å². The summed E-state index contributed by atoms with van der Waals surface area (Å²) >= 11 is 0. The zero-order valence-electron chi connectivity index (χ0n) is 11.7. The van der Waals surface area contributed by atoms with Crippen molar-refractivity contribution in [3.63, 3.8) is 0 Å². The molecule has 21 heavy (non-hydrogen) atoms. The molecule has 2 amide bonds. The first kappa shape index (κ1) is 13.6. The number of ether oxygens (including phenoxy) is 1. The number of benzene rings is 1. The number of rotatable bonds is 1. The van der Waals surface area contributed by atoms with Crippen LogP contribution in [0.5, 0.6) is 0 Å². The second-order valence-corrected chi connectivity index (χ2v) is 5.14. The maximum atomic E-state index is 12.5. The van der Waals surface area contributed by atoms with Crippen molar-refractivity contribution in [3.05, 3.63) is 29.8 Å². The lowest BCUT2D eigenvalue weighted by Crippen LogP contribution is -2.57. The Labute approximate surface area is 122 Å². The van der Waals surface area contributed by atoms with Crippen molar-refractivity contribution < 1.29 is 19.1 Å². The summed E-state index contributed by atoms with van der Waals surface area (Å²) < 4.78 is 5.03. The number of Topliss-reactive ketones (excluding diaryl/α,β-unsaturated/α-hetero) is 1. The molecule has 6 heteroatoms. The smallest absolute Gasteiger partial charge is 0.414 e. The molecule has 1 aromatic carbocycles. The van der Waals surface area contributed by atoms with E-state index in [9.17, 15) is 14.4 Å². The lowest BCUT2D eigenvalue weighted by Gasteiger charge is -2.31. The molecule has 3 rings (SSSR count). The molecule has 1 fully saturated rings. The fourth-order valence-electron chi connectivity index (χ4n) is 3.05. The van der Waals surface area contributed by atoms with E-state index in [1.807, 2.05) is 0 Å². The molecule has 1 unspecified atom stereocenters. The predicted octanol–water partition coefficient (Wildman–Crippen LogP) is 0.990. The van der Waals surface area contributed by atoms with Gasteiger partial charge in [-0.2, -0.15) is 0 Å². The van der Waals surface area contributed by atoms with Crippen LogP contribution in [0, 0.1) is 0 Å². The fraction of sp³-hybridized carbons (Fsp3) is 0.400. The molecule has 110 valence electrons. The monoisotopic (exact) mass is 288 g/mol. The van der Waals surface area contributed by atoms with Gasteiger partial charge in [0.25, 0.3) is 0 Å². The summed E-state index contributed by atoms with van der Waals surface area (Å²) in [5.74, 6) is -0.483. The molecule has 1 spiro atoms. The average Bonchev–Trinajstić information content (AvgIpc) is 2.82. The van der Waals surface area contributed by atoms with Crippen molar-refractivity contribution >= 4 is 23.5 Å². The first-order chi connectivity index (χ1) is 10.1. The Kier molecular flexibility index (Phi) is 3.16. The molecule has 1 N–H and O–H groups in total. The van der Waals surface area contributed by atoms with E-state index >= 15 is 0 Å². The van der Waals surface area contributed by atoms with Crippen LogP contribution in [0.1, 0.15) is 18.9 Å². The number of nitrogens with zero attached hydrogens (tertiary/aromatic N) is 1. The van der Waals surface area contributed by atoms with Gasteiger partial charge in [0.1, 0.15) is 0 Å². The number of hydrogen-bond donors (Lipinski definition) is 1. The number of para-hydroxylation sites is 1. The van der Waals surface area contributed by atoms with Crippen molar-refractivity contribution in [1.29, 1.82) is 0 Å². The van der Waals surface area contributed by atoms with E-state index in [0.717, 1.165) is 0 Å². The minimum Gasteiger partial charge on any atom is -0.449 e. The molecule has 1 saturated heterocycles. The quantitative estimate of drug-likeness (QED) is 0.782. The highest BCUT2D eigenvalue weighted by molar-refractivity contribution is 6.18. The van der Waals surface area contributed by atoms with Gasteiger partial charge in [-0.05, 0) is 13.0 Å². The van der Waals surface area contributed by atoms with Crippen LogP contribution in [0.4, 0.5) is 10.5 Å². The van der Waals surface area contributed by atoms with Gasteiger partial charge >= 0.3 is 6.09 Å². The molecule has 2 aliphatic rings. The molecule has 2 aliphatic heterocycles. The van der Waals surface area contributed by atoms with Gasteiger partial charge in [0.05, 0.1) is 18.8 Å². The number of anilines is 1. The van der Waals surface area contributed by atoms with Crippen LogP contribution in [-0.4, -0.2) is 37.5 Å². The molecule has 2 heterocycles. The third kappa shape index (κ3) is 1.82. The summed E-state index contributed by atoms with van der Waals surface area (Å²) in [6.45, 7) is 2.32. The summed E-state index contributed by atoms with van der Waals surface area (Å²) in [5.41, 5.74) is -0.136. The Morgan fingerprint density at radius 1 is 1.38 bits per heavy atom. The number of ketones is 1. The van der Waals surface area contributed by atoms with Gasteiger partial charge in [-0.3, -0.25) is 14.5 Å². The van der Waals surface area contributed by atoms with Crippen molar-refractivity contribution in [2.75, 3.05) is 24.6 Å². The van der Waals surface area contributed by atoms with Crippen LogP contribution in [0.3, 0.4) is 0 Å².